The molecular formula is C15H18FNO. The summed E-state index contributed by atoms with van der Waals surface area (Å²) in [5.41, 5.74) is 0.558. The van der Waals surface area contributed by atoms with Gasteiger partial charge in [-0.25, -0.2) is 4.39 Å². The van der Waals surface area contributed by atoms with Gasteiger partial charge < -0.3 is 5.32 Å². The van der Waals surface area contributed by atoms with E-state index in [-0.39, 0.29) is 11.7 Å². The van der Waals surface area contributed by atoms with Gasteiger partial charge in [-0.15, -0.1) is 0 Å². The molecule has 0 spiro atoms. The van der Waals surface area contributed by atoms with Crippen molar-refractivity contribution in [1.29, 1.82) is 0 Å². The lowest BCUT2D eigenvalue weighted by Crippen LogP contribution is -2.20. The highest BCUT2D eigenvalue weighted by Gasteiger charge is 2.40. The van der Waals surface area contributed by atoms with Crippen molar-refractivity contribution in [3.05, 3.63) is 30.1 Å². The first-order chi connectivity index (χ1) is 8.70. The monoisotopic (exact) mass is 247 g/mol. The zero-order chi connectivity index (χ0) is 12.5. The smallest absolute Gasteiger partial charge is 0.224 e. The third kappa shape index (κ3) is 2.40. The van der Waals surface area contributed by atoms with Crippen LogP contribution in [-0.2, 0) is 4.79 Å². The van der Waals surface area contributed by atoms with Crippen molar-refractivity contribution < 1.29 is 9.18 Å². The lowest BCUT2D eigenvalue weighted by Gasteiger charge is -2.20. The quantitative estimate of drug-likeness (QED) is 0.869. The van der Waals surface area contributed by atoms with Gasteiger partial charge in [-0.3, -0.25) is 4.79 Å². The highest BCUT2D eigenvalue weighted by atomic mass is 19.1. The van der Waals surface area contributed by atoms with Crippen LogP contribution in [0.15, 0.2) is 24.3 Å². The predicted molar refractivity (Wildman–Crippen MR) is 68.6 cm³/mol. The molecule has 2 aliphatic carbocycles. The molecule has 3 heteroatoms. The van der Waals surface area contributed by atoms with Gasteiger partial charge in [-0.05, 0) is 55.2 Å². The molecule has 0 saturated heterocycles. The molecule has 18 heavy (non-hydrogen) atoms. The summed E-state index contributed by atoms with van der Waals surface area (Å²) in [4.78, 5) is 11.9. The fourth-order valence-corrected chi connectivity index (χ4v) is 3.64. The molecule has 2 nitrogen and oxygen atoms in total. The van der Waals surface area contributed by atoms with E-state index in [0.29, 0.717) is 18.0 Å². The third-order valence-corrected chi connectivity index (χ3v) is 4.44. The summed E-state index contributed by atoms with van der Waals surface area (Å²) in [6, 6.07) is 6.08. The molecule has 1 N–H and O–H groups in total. The first-order valence-corrected chi connectivity index (χ1v) is 6.76. The Morgan fingerprint density at radius 1 is 1.33 bits per heavy atom. The van der Waals surface area contributed by atoms with Crippen LogP contribution in [0.3, 0.4) is 0 Å². The Balaban J connectivity index is 1.56. The Hall–Kier alpha value is -1.38. The Labute approximate surface area is 107 Å². The number of carbonyl (C=O) groups is 1. The fourth-order valence-electron chi connectivity index (χ4n) is 3.64. The third-order valence-electron chi connectivity index (χ3n) is 4.44. The van der Waals surface area contributed by atoms with Gasteiger partial charge in [0.2, 0.25) is 5.91 Å². The fraction of sp³-hybridized carbons (Fsp3) is 0.533. The Bertz CT molecular complexity index is 460. The highest BCUT2D eigenvalue weighted by Crippen LogP contribution is 2.49. The number of hydrogen-bond acceptors (Lipinski definition) is 1. The average molecular weight is 247 g/mol. The van der Waals surface area contributed by atoms with Gasteiger partial charge >= 0.3 is 0 Å². The van der Waals surface area contributed by atoms with Crippen LogP contribution in [0.1, 0.15) is 32.1 Å². The zero-order valence-electron chi connectivity index (χ0n) is 10.4. The molecule has 0 heterocycles. The van der Waals surface area contributed by atoms with E-state index in [2.05, 4.69) is 5.32 Å². The number of amides is 1. The topological polar surface area (TPSA) is 29.1 Å². The lowest BCUT2D eigenvalue weighted by molar-refractivity contribution is -0.117. The van der Waals surface area contributed by atoms with Crippen LogP contribution in [0.25, 0.3) is 0 Å². The van der Waals surface area contributed by atoms with Crippen LogP contribution in [0.2, 0.25) is 0 Å². The molecule has 2 fully saturated rings. The number of rotatable bonds is 3. The molecule has 2 saturated carbocycles. The maximum absolute atomic E-state index is 13.0. The molecule has 2 aliphatic rings. The minimum absolute atomic E-state index is 0.0261. The maximum Gasteiger partial charge on any atom is 0.224 e. The molecule has 1 aromatic rings. The highest BCUT2D eigenvalue weighted by molar-refractivity contribution is 5.90. The standard InChI is InChI=1S/C15H18FNO/c16-13-2-1-3-14(9-13)17-15(18)8-12-7-10-4-5-11(12)6-10/h1-3,9-12H,4-8H2,(H,17,18)/t10-,11+,12-/m0/s1. The van der Waals surface area contributed by atoms with E-state index in [4.69, 9.17) is 0 Å². The number of halogens is 1. The van der Waals surface area contributed by atoms with E-state index in [0.717, 1.165) is 11.8 Å². The number of fused-ring (bicyclic) bond motifs is 2. The number of carbonyl (C=O) groups excluding carboxylic acids is 1. The molecule has 0 aromatic heterocycles. The van der Waals surface area contributed by atoms with E-state index in [9.17, 15) is 9.18 Å². The summed E-state index contributed by atoms with van der Waals surface area (Å²) in [6.45, 7) is 0. The summed E-state index contributed by atoms with van der Waals surface area (Å²) in [5, 5.41) is 2.79. The van der Waals surface area contributed by atoms with Crippen molar-refractivity contribution in [3.63, 3.8) is 0 Å². The van der Waals surface area contributed by atoms with Crippen LogP contribution < -0.4 is 5.32 Å². The lowest BCUT2D eigenvalue weighted by atomic mass is 9.86. The van der Waals surface area contributed by atoms with E-state index in [1.807, 2.05) is 0 Å². The molecule has 96 valence electrons. The van der Waals surface area contributed by atoms with Gasteiger partial charge in [0.05, 0.1) is 0 Å². The number of hydrogen-bond donors (Lipinski definition) is 1. The molecule has 3 rings (SSSR count). The van der Waals surface area contributed by atoms with Crippen molar-refractivity contribution in [3.8, 4) is 0 Å². The van der Waals surface area contributed by atoms with Gasteiger partial charge in [-0.2, -0.15) is 0 Å². The van der Waals surface area contributed by atoms with Crippen LogP contribution >= 0.6 is 0 Å². The second kappa shape index (κ2) is 4.71. The van der Waals surface area contributed by atoms with E-state index < -0.39 is 0 Å². The number of anilines is 1. The van der Waals surface area contributed by atoms with Crippen molar-refractivity contribution in [2.75, 3.05) is 5.32 Å². The molecule has 1 amide bonds. The zero-order valence-corrected chi connectivity index (χ0v) is 10.4. The summed E-state index contributed by atoms with van der Waals surface area (Å²) in [6.07, 6.45) is 5.77. The first-order valence-electron chi connectivity index (χ1n) is 6.76. The normalized spacial score (nSPS) is 29.5. The van der Waals surface area contributed by atoms with Gasteiger partial charge in [0, 0.05) is 12.1 Å². The molecular weight excluding hydrogens is 229 g/mol. The van der Waals surface area contributed by atoms with Crippen LogP contribution in [-0.4, -0.2) is 5.91 Å². The second-order valence-corrected chi connectivity index (χ2v) is 5.70. The van der Waals surface area contributed by atoms with Crippen LogP contribution in [0.4, 0.5) is 10.1 Å². The van der Waals surface area contributed by atoms with Crippen molar-refractivity contribution in [1.82, 2.24) is 0 Å². The van der Waals surface area contributed by atoms with E-state index >= 15 is 0 Å². The molecule has 0 aliphatic heterocycles. The van der Waals surface area contributed by atoms with E-state index in [1.54, 1.807) is 12.1 Å². The molecule has 2 bridgehead atoms. The minimum atomic E-state index is -0.312. The largest absolute Gasteiger partial charge is 0.326 e. The van der Waals surface area contributed by atoms with Gasteiger partial charge in [0.15, 0.2) is 0 Å². The number of benzene rings is 1. The maximum atomic E-state index is 13.0. The van der Waals surface area contributed by atoms with E-state index in [1.165, 1.54) is 37.8 Å². The Kier molecular flexibility index (Phi) is 3.06. The predicted octanol–water partition coefficient (Wildman–Crippen LogP) is 3.59. The van der Waals surface area contributed by atoms with Crippen LogP contribution in [0.5, 0.6) is 0 Å². The van der Waals surface area contributed by atoms with Gasteiger partial charge in [0.25, 0.3) is 0 Å². The van der Waals surface area contributed by atoms with Crippen molar-refractivity contribution in [2.45, 2.75) is 32.1 Å². The van der Waals surface area contributed by atoms with Crippen molar-refractivity contribution in [2.24, 2.45) is 17.8 Å². The summed E-state index contributed by atoms with van der Waals surface area (Å²) in [7, 11) is 0. The molecule has 0 unspecified atom stereocenters. The molecule has 1 aromatic carbocycles. The van der Waals surface area contributed by atoms with Gasteiger partial charge in [-0.1, -0.05) is 12.5 Å². The molecule has 3 atom stereocenters. The Morgan fingerprint density at radius 2 is 2.22 bits per heavy atom. The second-order valence-electron chi connectivity index (χ2n) is 5.70. The SMILES string of the molecule is O=C(C[C@@H]1C[C@H]2CC[C@@H]1C2)Nc1cccc(F)c1. The van der Waals surface area contributed by atoms with Gasteiger partial charge in [0.1, 0.15) is 5.82 Å². The summed E-state index contributed by atoms with van der Waals surface area (Å²) >= 11 is 0. The van der Waals surface area contributed by atoms with Crippen molar-refractivity contribution >= 4 is 11.6 Å². The molecule has 0 radical (unpaired) electrons. The average Bonchev–Trinajstić information content (AvgIpc) is 2.90. The first kappa shape index (κ1) is 11.7. The summed E-state index contributed by atoms with van der Waals surface area (Å²) in [5.74, 6) is 1.89. The minimum Gasteiger partial charge on any atom is -0.326 e. The number of nitrogens with one attached hydrogen (secondary N) is 1. The summed E-state index contributed by atoms with van der Waals surface area (Å²) < 4.78 is 13.0. The van der Waals surface area contributed by atoms with Crippen LogP contribution in [0, 0.1) is 23.6 Å². The Morgan fingerprint density at radius 3 is 2.89 bits per heavy atom.